The fourth-order valence-electron chi connectivity index (χ4n) is 5.96. The Morgan fingerprint density at radius 3 is 2.44 bits per heavy atom. The summed E-state index contributed by atoms with van der Waals surface area (Å²) in [6.07, 6.45) is 10.9. The summed E-state index contributed by atoms with van der Waals surface area (Å²) < 4.78 is 11.8. The monoisotopic (exact) mass is 535 g/mol. The summed E-state index contributed by atoms with van der Waals surface area (Å²) in [4.78, 5) is 13.9. The van der Waals surface area contributed by atoms with Crippen molar-refractivity contribution in [1.82, 2.24) is 0 Å². The molecule has 1 saturated heterocycles. The van der Waals surface area contributed by atoms with Crippen molar-refractivity contribution in [3.8, 4) is 11.5 Å². The van der Waals surface area contributed by atoms with Gasteiger partial charge in [-0.25, -0.2) is 0 Å². The lowest BCUT2D eigenvalue weighted by atomic mass is 9.89. The summed E-state index contributed by atoms with van der Waals surface area (Å²) in [6, 6.07) is 14.7. The molecule has 4 rings (SSSR count). The molecule has 0 spiro atoms. The Morgan fingerprint density at radius 1 is 1.00 bits per heavy atom. The molecule has 1 aliphatic carbocycles. The number of unbranched alkanes of at least 4 members (excludes halogenated alkanes) is 2. The van der Waals surface area contributed by atoms with Crippen LogP contribution in [-0.2, 0) is 11.2 Å². The third-order valence-corrected chi connectivity index (χ3v) is 8.48. The van der Waals surface area contributed by atoms with E-state index in [0.29, 0.717) is 23.9 Å². The number of anilines is 1. The molecule has 2 aliphatic rings. The highest BCUT2D eigenvalue weighted by molar-refractivity contribution is 5.68. The number of aliphatic carboxylic acids is 1. The van der Waals surface area contributed by atoms with E-state index in [1.807, 2.05) is 12.1 Å². The number of methoxy groups -OCH3 is 1. The second kappa shape index (κ2) is 13.6. The molecule has 1 heterocycles. The number of aryl methyl sites for hydroxylation is 1. The fourth-order valence-corrected chi connectivity index (χ4v) is 5.96. The topological polar surface area (TPSA) is 59.0 Å². The molecular weight excluding hydrogens is 486 g/mol. The maximum atomic E-state index is 11.4. The number of carbonyl (C=O) groups is 1. The molecule has 0 amide bonds. The number of rotatable bonds is 14. The van der Waals surface area contributed by atoms with Crippen molar-refractivity contribution >= 4 is 11.7 Å². The van der Waals surface area contributed by atoms with Gasteiger partial charge in [-0.1, -0.05) is 51.8 Å². The summed E-state index contributed by atoms with van der Waals surface area (Å²) in [5.74, 6) is 2.21. The van der Waals surface area contributed by atoms with Gasteiger partial charge < -0.3 is 19.5 Å². The number of nitrogens with zero attached hydrogens (tertiary/aromatic N) is 1. The number of piperidine rings is 1. The van der Waals surface area contributed by atoms with Gasteiger partial charge in [-0.05, 0) is 97.4 Å². The molecule has 0 bridgehead atoms. The van der Waals surface area contributed by atoms with Crippen LogP contribution in [0.5, 0.6) is 11.5 Å². The lowest BCUT2D eigenvalue weighted by molar-refractivity contribution is -0.137. The second-order valence-corrected chi connectivity index (χ2v) is 13.0. The first-order chi connectivity index (χ1) is 18.7. The maximum Gasteiger partial charge on any atom is 0.303 e. The van der Waals surface area contributed by atoms with E-state index in [1.54, 1.807) is 7.11 Å². The summed E-state index contributed by atoms with van der Waals surface area (Å²) in [5.41, 5.74) is 4.30. The van der Waals surface area contributed by atoms with Crippen LogP contribution in [0.15, 0.2) is 42.5 Å². The van der Waals surface area contributed by atoms with Crippen molar-refractivity contribution in [1.29, 1.82) is 0 Å². The molecule has 1 N–H and O–H groups in total. The molecule has 1 saturated carbocycles. The minimum atomic E-state index is -0.718. The summed E-state index contributed by atoms with van der Waals surface area (Å²) in [5, 5.41) is 9.36. The zero-order valence-electron chi connectivity index (χ0n) is 24.6. The SMILES string of the molecule is COc1ccc(CCCCCC(C)(C)C)c(N2CCC(COc3cccc(C(CC(=O)O)C4CC4)c3)CC2)c1. The van der Waals surface area contributed by atoms with Gasteiger partial charge in [-0.3, -0.25) is 4.79 Å². The number of carboxylic acids is 1. The minimum absolute atomic E-state index is 0.102. The van der Waals surface area contributed by atoms with Crippen molar-refractivity contribution < 1.29 is 19.4 Å². The molecule has 1 unspecified atom stereocenters. The largest absolute Gasteiger partial charge is 0.497 e. The smallest absolute Gasteiger partial charge is 0.303 e. The number of ether oxygens (including phenoxy) is 2. The molecule has 1 aliphatic heterocycles. The van der Waals surface area contributed by atoms with Crippen molar-refractivity contribution in [2.75, 3.05) is 31.7 Å². The van der Waals surface area contributed by atoms with Crippen LogP contribution < -0.4 is 14.4 Å². The molecule has 2 aromatic rings. The van der Waals surface area contributed by atoms with E-state index in [1.165, 1.54) is 36.9 Å². The minimum Gasteiger partial charge on any atom is -0.497 e. The highest BCUT2D eigenvalue weighted by atomic mass is 16.5. The molecule has 0 aromatic heterocycles. The van der Waals surface area contributed by atoms with E-state index in [4.69, 9.17) is 9.47 Å². The average Bonchev–Trinajstić information content (AvgIpc) is 3.76. The first kappa shape index (κ1) is 29.3. The standard InChI is InChI=1S/C34H49NO4/c1-34(2,3)18-7-5-6-9-27-14-15-29(38-4)22-32(27)35-19-16-25(17-20-35)24-39-30-11-8-10-28(21-30)31(23-33(36)37)26-12-13-26/h8,10-11,14-15,21-22,25-26,31H,5-7,9,12-13,16-20,23-24H2,1-4H3,(H,36,37). The van der Waals surface area contributed by atoms with Crippen LogP contribution in [-0.4, -0.2) is 37.9 Å². The van der Waals surface area contributed by atoms with E-state index >= 15 is 0 Å². The predicted octanol–water partition coefficient (Wildman–Crippen LogP) is 8.11. The quantitative estimate of drug-likeness (QED) is 0.248. The number of benzene rings is 2. The normalized spacial score (nSPS) is 17.2. The van der Waals surface area contributed by atoms with Crippen molar-refractivity contribution in [3.63, 3.8) is 0 Å². The lowest BCUT2D eigenvalue weighted by Crippen LogP contribution is -2.36. The second-order valence-electron chi connectivity index (χ2n) is 13.0. The van der Waals surface area contributed by atoms with Crippen molar-refractivity contribution in [3.05, 3.63) is 53.6 Å². The van der Waals surface area contributed by atoms with Crippen LogP contribution in [0.3, 0.4) is 0 Å². The van der Waals surface area contributed by atoms with E-state index in [0.717, 1.165) is 62.3 Å². The van der Waals surface area contributed by atoms with Gasteiger partial charge in [0.2, 0.25) is 0 Å². The molecule has 214 valence electrons. The van der Waals surface area contributed by atoms with E-state index in [9.17, 15) is 9.90 Å². The summed E-state index contributed by atoms with van der Waals surface area (Å²) >= 11 is 0. The number of hydrogen-bond acceptors (Lipinski definition) is 4. The van der Waals surface area contributed by atoms with Crippen LogP contribution in [0.25, 0.3) is 0 Å². The zero-order chi connectivity index (χ0) is 27.8. The van der Waals surface area contributed by atoms with E-state index < -0.39 is 5.97 Å². The number of carboxylic acid groups (broad SMARTS) is 1. The molecule has 2 fully saturated rings. The van der Waals surface area contributed by atoms with Gasteiger partial charge in [-0.15, -0.1) is 0 Å². The maximum absolute atomic E-state index is 11.4. The zero-order valence-corrected chi connectivity index (χ0v) is 24.6. The molecule has 0 radical (unpaired) electrons. The molecule has 39 heavy (non-hydrogen) atoms. The Morgan fingerprint density at radius 2 is 1.77 bits per heavy atom. The molecule has 1 atom stereocenters. The fraction of sp³-hybridized carbons (Fsp3) is 0.618. The average molecular weight is 536 g/mol. The van der Waals surface area contributed by atoms with Crippen LogP contribution in [0, 0.1) is 17.3 Å². The molecule has 5 heteroatoms. The van der Waals surface area contributed by atoms with Gasteiger partial charge in [-0.2, -0.15) is 0 Å². The van der Waals surface area contributed by atoms with Gasteiger partial charge >= 0.3 is 5.97 Å². The molecule has 5 nitrogen and oxygen atoms in total. The highest BCUT2D eigenvalue weighted by Crippen LogP contribution is 2.45. The van der Waals surface area contributed by atoms with Crippen molar-refractivity contribution in [2.24, 2.45) is 17.3 Å². The first-order valence-corrected chi connectivity index (χ1v) is 15.1. The predicted molar refractivity (Wildman–Crippen MR) is 159 cm³/mol. The van der Waals surface area contributed by atoms with E-state index in [2.05, 4.69) is 56.0 Å². The van der Waals surface area contributed by atoms with Gasteiger partial charge in [0.05, 0.1) is 20.1 Å². The number of hydrogen-bond donors (Lipinski definition) is 1. The molecular formula is C34H49NO4. The third-order valence-electron chi connectivity index (χ3n) is 8.48. The molecule has 2 aromatic carbocycles. The van der Waals surface area contributed by atoms with Gasteiger partial charge in [0.1, 0.15) is 11.5 Å². The Balaban J connectivity index is 1.29. The Hall–Kier alpha value is -2.69. The lowest BCUT2D eigenvalue weighted by Gasteiger charge is -2.35. The Labute approximate surface area is 235 Å². The van der Waals surface area contributed by atoms with Crippen molar-refractivity contribution in [2.45, 2.75) is 90.9 Å². The first-order valence-electron chi connectivity index (χ1n) is 15.1. The van der Waals surface area contributed by atoms with Crippen LogP contribution in [0.4, 0.5) is 5.69 Å². The van der Waals surface area contributed by atoms with Crippen LogP contribution in [0.1, 0.15) is 95.6 Å². The van der Waals surface area contributed by atoms with Crippen LogP contribution in [0.2, 0.25) is 0 Å². The van der Waals surface area contributed by atoms with E-state index in [-0.39, 0.29) is 12.3 Å². The van der Waals surface area contributed by atoms with Gasteiger partial charge in [0.15, 0.2) is 0 Å². The summed E-state index contributed by atoms with van der Waals surface area (Å²) in [6.45, 7) is 9.75. The Bertz CT molecular complexity index is 1060. The van der Waals surface area contributed by atoms with Gasteiger partial charge in [0, 0.05) is 24.8 Å². The van der Waals surface area contributed by atoms with Crippen LogP contribution >= 0.6 is 0 Å². The highest BCUT2D eigenvalue weighted by Gasteiger charge is 2.34. The summed E-state index contributed by atoms with van der Waals surface area (Å²) in [7, 11) is 1.75. The van der Waals surface area contributed by atoms with Gasteiger partial charge in [0.25, 0.3) is 0 Å². The Kier molecular flexibility index (Phi) is 10.2. The third kappa shape index (κ3) is 9.19.